The SMILES string of the molecule is CC1CNCCN1C(=O)c1ccc2c(c1)C(=O)N(C1CCCCC1)C2=O. The highest BCUT2D eigenvalue weighted by Gasteiger charge is 2.40. The van der Waals surface area contributed by atoms with Crippen molar-refractivity contribution in [3.8, 4) is 0 Å². The zero-order valence-electron chi connectivity index (χ0n) is 15.2. The maximum Gasteiger partial charge on any atom is 0.261 e. The molecule has 4 rings (SSSR count). The number of carbonyl (C=O) groups is 3. The van der Waals surface area contributed by atoms with Gasteiger partial charge in [-0.1, -0.05) is 19.3 Å². The summed E-state index contributed by atoms with van der Waals surface area (Å²) in [6, 6.07) is 5.07. The zero-order valence-corrected chi connectivity index (χ0v) is 15.2. The Morgan fingerprint density at radius 2 is 1.81 bits per heavy atom. The largest absolute Gasteiger partial charge is 0.333 e. The Morgan fingerprint density at radius 3 is 2.54 bits per heavy atom. The molecule has 138 valence electrons. The fourth-order valence-corrected chi connectivity index (χ4v) is 4.37. The van der Waals surface area contributed by atoms with E-state index in [2.05, 4.69) is 5.32 Å². The first-order chi connectivity index (χ1) is 12.6. The maximum atomic E-state index is 12.9. The lowest BCUT2D eigenvalue weighted by Gasteiger charge is -2.34. The fraction of sp³-hybridized carbons (Fsp3) is 0.550. The number of hydrogen-bond acceptors (Lipinski definition) is 4. The van der Waals surface area contributed by atoms with Gasteiger partial charge in [-0.15, -0.1) is 0 Å². The van der Waals surface area contributed by atoms with Gasteiger partial charge in [0.15, 0.2) is 0 Å². The number of carbonyl (C=O) groups excluding carboxylic acids is 3. The summed E-state index contributed by atoms with van der Waals surface area (Å²) < 4.78 is 0. The highest BCUT2D eigenvalue weighted by molar-refractivity contribution is 6.22. The van der Waals surface area contributed by atoms with Gasteiger partial charge in [0, 0.05) is 37.3 Å². The van der Waals surface area contributed by atoms with Crippen LogP contribution in [-0.2, 0) is 0 Å². The van der Waals surface area contributed by atoms with Gasteiger partial charge < -0.3 is 10.2 Å². The highest BCUT2D eigenvalue weighted by atomic mass is 16.2. The van der Waals surface area contributed by atoms with Crippen molar-refractivity contribution in [3.05, 3.63) is 34.9 Å². The van der Waals surface area contributed by atoms with E-state index in [9.17, 15) is 14.4 Å². The summed E-state index contributed by atoms with van der Waals surface area (Å²) in [5.41, 5.74) is 1.31. The Morgan fingerprint density at radius 1 is 1.08 bits per heavy atom. The Labute approximate surface area is 153 Å². The molecule has 1 unspecified atom stereocenters. The molecule has 0 bridgehead atoms. The molecule has 0 aromatic heterocycles. The van der Waals surface area contributed by atoms with Gasteiger partial charge >= 0.3 is 0 Å². The minimum atomic E-state index is -0.236. The van der Waals surface area contributed by atoms with Crippen molar-refractivity contribution in [3.63, 3.8) is 0 Å². The molecule has 3 amide bonds. The number of piperazine rings is 1. The van der Waals surface area contributed by atoms with Crippen LogP contribution in [0.15, 0.2) is 18.2 Å². The molecule has 0 spiro atoms. The molecule has 2 aliphatic heterocycles. The van der Waals surface area contributed by atoms with Crippen molar-refractivity contribution in [2.45, 2.75) is 51.1 Å². The molecule has 1 saturated heterocycles. The molecule has 1 atom stereocenters. The number of imide groups is 1. The molecule has 26 heavy (non-hydrogen) atoms. The molecular weight excluding hydrogens is 330 g/mol. The van der Waals surface area contributed by atoms with Gasteiger partial charge in [0.05, 0.1) is 11.1 Å². The van der Waals surface area contributed by atoms with Crippen LogP contribution in [0.3, 0.4) is 0 Å². The van der Waals surface area contributed by atoms with E-state index in [0.717, 1.165) is 38.8 Å². The topological polar surface area (TPSA) is 69.7 Å². The van der Waals surface area contributed by atoms with E-state index in [-0.39, 0.29) is 29.8 Å². The van der Waals surface area contributed by atoms with Crippen molar-refractivity contribution in [2.24, 2.45) is 0 Å². The third-order valence-corrected chi connectivity index (χ3v) is 5.87. The van der Waals surface area contributed by atoms with Gasteiger partial charge in [0.2, 0.25) is 0 Å². The van der Waals surface area contributed by atoms with Gasteiger partial charge in [-0.25, -0.2) is 0 Å². The van der Waals surface area contributed by atoms with Crippen LogP contribution in [0.4, 0.5) is 0 Å². The predicted molar refractivity (Wildman–Crippen MR) is 97.2 cm³/mol. The number of benzene rings is 1. The number of hydrogen-bond donors (Lipinski definition) is 1. The summed E-state index contributed by atoms with van der Waals surface area (Å²) in [7, 11) is 0. The average Bonchev–Trinajstić information content (AvgIpc) is 2.92. The van der Waals surface area contributed by atoms with E-state index in [1.807, 2.05) is 11.8 Å². The van der Waals surface area contributed by atoms with E-state index in [0.29, 0.717) is 23.2 Å². The summed E-state index contributed by atoms with van der Waals surface area (Å²) in [6.07, 6.45) is 5.05. The molecule has 1 saturated carbocycles. The number of nitrogens with one attached hydrogen (secondary N) is 1. The summed E-state index contributed by atoms with van der Waals surface area (Å²) >= 11 is 0. The van der Waals surface area contributed by atoms with E-state index < -0.39 is 0 Å². The van der Waals surface area contributed by atoms with Crippen molar-refractivity contribution in [1.29, 1.82) is 0 Å². The van der Waals surface area contributed by atoms with Crippen LogP contribution in [0.2, 0.25) is 0 Å². The van der Waals surface area contributed by atoms with Crippen LogP contribution >= 0.6 is 0 Å². The van der Waals surface area contributed by atoms with Crippen LogP contribution in [0.5, 0.6) is 0 Å². The van der Waals surface area contributed by atoms with Crippen LogP contribution in [0.1, 0.15) is 70.1 Å². The third-order valence-electron chi connectivity index (χ3n) is 5.87. The first kappa shape index (κ1) is 17.2. The molecule has 2 fully saturated rings. The number of rotatable bonds is 2. The van der Waals surface area contributed by atoms with Crippen LogP contribution in [0, 0.1) is 0 Å². The number of amides is 3. The number of fused-ring (bicyclic) bond motifs is 1. The van der Waals surface area contributed by atoms with Crippen molar-refractivity contribution >= 4 is 17.7 Å². The van der Waals surface area contributed by atoms with Gasteiger partial charge in [0.1, 0.15) is 0 Å². The molecular formula is C20H25N3O3. The molecule has 0 radical (unpaired) electrons. The zero-order chi connectivity index (χ0) is 18.3. The molecule has 6 nitrogen and oxygen atoms in total. The second-order valence-electron chi connectivity index (χ2n) is 7.58. The highest BCUT2D eigenvalue weighted by Crippen LogP contribution is 2.31. The summed E-state index contributed by atoms with van der Waals surface area (Å²) in [5, 5.41) is 3.27. The third kappa shape index (κ3) is 2.82. The van der Waals surface area contributed by atoms with E-state index in [4.69, 9.17) is 0 Å². The smallest absolute Gasteiger partial charge is 0.261 e. The maximum absolute atomic E-state index is 12.9. The number of nitrogens with zero attached hydrogens (tertiary/aromatic N) is 2. The first-order valence-corrected chi connectivity index (χ1v) is 9.61. The molecule has 1 aliphatic carbocycles. The molecule has 6 heteroatoms. The van der Waals surface area contributed by atoms with Gasteiger partial charge in [0.25, 0.3) is 17.7 Å². The lowest BCUT2D eigenvalue weighted by atomic mass is 9.94. The van der Waals surface area contributed by atoms with Crippen molar-refractivity contribution in [1.82, 2.24) is 15.1 Å². The Hall–Kier alpha value is -2.21. The molecule has 2 heterocycles. The Bertz CT molecular complexity index is 755. The van der Waals surface area contributed by atoms with E-state index >= 15 is 0 Å². The van der Waals surface area contributed by atoms with Crippen LogP contribution in [-0.4, -0.2) is 59.2 Å². The monoisotopic (exact) mass is 355 g/mol. The van der Waals surface area contributed by atoms with E-state index in [1.54, 1.807) is 18.2 Å². The molecule has 3 aliphatic rings. The van der Waals surface area contributed by atoms with Gasteiger partial charge in [-0.3, -0.25) is 19.3 Å². The van der Waals surface area contributed by atoms with Crippen LogP contribution in [0.25, 0.3) is 0 Å². The fourth-order valence-electron chi connectivity index (χ4n) is 4.37. The first-order valence-electron chi connectivity index (χ1n) is 9.61. The van der Waals surface area contributed by atoms with Gasteiger partial charge in [-0.2, -0.15) is 0 Å². The lowest BCUT2D eigenvalue weighted by Crippen LogP contribution is -2.52. The molecule has 1 aromatic rings. The lowest BCUT2D eigenvalue weighted by molar-refractivity contribution is 0.0548. The minimum absolute atomic E-state index is 0.00323. The van der Waals surface area contributed by atoms with Crippen molar-refractivity contribution in [2.75, 3.05) is 19.6 Å². The molecule has 1 N–H and O–H groups in total. The summed E-state index contributed by atoms with van der Waals surface area (Å²) in [5.74, 6) is -0.510. The molecule has 1 aromatic carbocycles. The second kappa shape index (κ2) is 6.83. The minimum Gasteiger partial charge on any atom is -0.333 e. The Balaban J connectivity index is 1.60. The summed E-state index contributed by atoms with van der Waals surface area (Å²) in [6.45, 7) is 4.20. The summed E-state index contributed by atoms with van der Waals surface area (Å²) in [4.78, 5) is 41.8. The Kier molecular flexibility index (Phi) is 4.53. The standard InChI is InChI=1S/C20H25N3O3/c1-13-12-21-9-10-22(13)18(24)14-7-8-16-17(11-14)20(26)23(19(16)25)15-5-3-2-4-6-15/h7-8,11,13,15,21H,2-6,9-10,12H2,1H3. The van der Waals surface area contributed by atoms with Crippen LogP contribution < -0.4 is 5.32 Å². The predicted octanol–water partition coefficient (Wildman–Crippen LogP) is 2.05. The average molecular weight is 355 g/mol. The normalized spacial score (nSPS) is 24.1. The van der Waals surface area contributed by atoms with Gasteiger partial charge in [-0.05, 0) is 38.0 Å². The van der Waals surface area contributed by atoms with Crippen molar-refractivity contribution < 1.29 is 14.4 Å². The second-order valence-corrected chi connectivity index (χ2v) is 7.58. The quantitative estimate of drug-likeness (QED) is 0.825. The van der Waals surface area contributed by atoms with E-state index in [1.165, 1.54) is 11.3 Å².